The summed E-state index contributed by atoms with van der Waals surface area (Å²) in [6, 6.07) is -0.500. The summed E-state index contributed by atoms with van der Waals surface area (Å²) in [5.74, 6) is -1.10. The van der Waals surface area contributed by atoms with Crippen molar-refractivity contribution in [2.45, 2.75) is 50.3 Å². The Balaban J connectivity index is 2.05. The van der Waals surface area contributed by atoms with Crippen LogP contribution in [0.25, 0.3) is 0 Å². The van der Waals surface area contributed by atoms with Gasteiger partial charge in [-0.3, -0.25) is 0 Å². The maximum absolute atomic E-state index is 12.3. The minimum absolute atomic E-state index is 0.0475. The highest BCUT2D eigenvalue weighted by Crippen LogP contribution is 2.25. The van der Waals surface area contributed by atoms with Crippen LogP contribution >= 0.6 is 11.3 Å². The van der Waals surface area contributed by atoms with E-state index in [1.165, 1.54) is 5.38 Å². The van der Waals surface area contributed by atoms with Crippen molar-refractivity contribution in [3.63, 3.8) is 0 Å². The maximum Gasteiger partial charge on any atom is 0.355 e. The molecule has 0 radical (unpaired) electrons. The first-order valence-electron chi connectivity index (χ1n) is 6.60. The molecule has 0 spiro atoms. The maximum atomic E-state index is 12.3. The molecule has 0 amide bonds. The summed E-state index contributed by atoms with van der Waals surface area (Å²) in [5.41, 5.74) is -0.0475. The molecular weight excluding hydrogens is 300 g/mol. The lowest BCUT2D eigenvalue weighted by Crippen LogP contribution is -2.37. The number of carboxylic acids is 1. The molecule has 1 aromatic heterocycles. The number of aromatic nitrogens is 1. The van der Waals surface area contributed by atoms with Gasteiger partial charge in [0.1, 0.15) is 5.01 Å². The summed E-state index contributed by atoms with van der Waals surface area (Å²) in [7, 11) is -3.37. The van der Waals surface area contributed by atoms with Crippen LogP contribution in [0.4, 0.5) is 0 Å². The van der Waals surface area contributed by atoms with Gasteiger partial charge >= 0.3 is 5.97 Å². The monoisotopic (exact) mass is 318 g/mol. The molecule has 6 nitrogen and oxygen atoms in total. The smallest absolute Gasteiger partial charge is 0.355 e. The van der Waals surface area contributed by atoms with Crippen LogP contribution in [0.1, 0.15) is 60.6 Å². The predicted octanol–water partition coefficient (Wildman–Crippen LogP) is 2.15. The van der Waals surface area contributed by atoms with Gasteiger partial charge in [0, 0.05) is 5.38 Å². The molecule has 1 saturated carbocycles. The van der Waals surface area contributed by atoms with Gasteiger partial charge in [-0.05, 0) is 19.8 Å². The van der Waals surface area contributed by atoms with Crippen molar-refractivity contribution in [3.8, 4) is 0 Å². The topological polar surface area (TPSA) is 96.4 Å². The third kappa shape index (κ3) is 3.56. The lowest BCUT2D eigenvalue weighted by molar-refractivity contribution is 0.0691. The third-order valence-corrected chi connectivity index (χ3v) is 6.50. The van der Waals surface area contributed by atoms with Crippen molar-refractivity contribution in [2.24, 2.45) is 0 Å². The van der Waals surface area contributed by atoms with Gasteiger partial charge in [0.15, 0.2) is 5.69 Å². The van der Waals surface area contributed by atoms with Gasteiger partial charge in [0.2, 0.25) is 10.0 Å². The lowest BCUT2D eigenvalue weighted by atomic mass is 10.0. The van der Waals surface area contributed by atoms with Crippen LogP contribution in [0.5, 0.6) is 0 Å². The second-order valence-electron chi connectivity index (χ2n) is 5.02. The molecule has 0 saturated heterocycles. The summed E-state index contributed by atoms with van der Waals surface area (Å²) < 4.78 is 27.1. The Bertz CT molecular complexity index is 576. The van der Waals surface area contributed by atoms with Crippen molar-refractivity contribution in [2.75, 3.05) is 0 Å². The first-order chi connectivity index (χ1) is 9.40. The highest BCUT2D eigenvalue weighted by Gasteiger charge is 2.29. The molecule has 112 valence electrons. The number of rotatable bonds is 5. The number of hydrogen-bond donors (Lipinski definition) is 2. The Morgan fingerprint density at radius 1 is 1.45 bits per heavy atom. The molecule has 1 heterocycles. The molecule has 8 heteroatoms. The zero-order valence-corrected chi connectivity index (χ0v) is 12.8. The fourth-order valence-corrected chi connectivity index (χ4v) is 4.98. The number of thiazole rings is 1. The number of nitrogens with one attached hydrogen (secondary N) is 1. The summed E-state index contributed by atoms with van der Waals surface area (Å²) in [5, 5.41) is 10.4. The number of carbonyl (C=O) groups is 1. The first kappa shape index (κ1) is 15.4. The number of carboxylic acid groups (broad SMARTS) is 1. The van der Waals surface area contributed by atoms with Gasteiger partial charge in [0.05, 0.1) is 11.3 Å². The van der Waals surface area contributed by atoms with Gasteiger partial charge in [-0.25, -0.2) is 22.9 Å². The highest BCUT2D eigenvalue weighted by atomic mass is 32.2. The molecule has 2 rings (SSSR count). The van der Waals surface area contributed by atoms with E-state index in [4.69, 9.17) is 5.11 Å². The summed E-state index contributed by atoms with van der Waals surface area (Å²) in [6.45, 7) is 1.69. The largest absolute Gasteiger partial charge is 0.476 e. The molecule has 1 aliphatic carbocycles. The SMILES string of the molecule is CC(NS(=O)(=O)C1CCCCC1)c1nc(C(=O)O)cs1. The molecule has 1 fully saturated rings. The van der Waals surface area contributed by atoms with Crippen molar-refractivity contribution >= 4 is 27.3 Å². The van der Waals surface area contributed by atoms with Gasteiger partial charge < -0.3 is 5.11 Å². The van der Waals surface area contributed by atoms with E-state index in [2.05, 4.69) is 9.71 Å². The van der Waals surface area contributed by atoms with Crippen molar-refractivity contribution < 1.29 is 18.3 Å². The second-order valence-corrected chi connectivity index (χ2v) is 7.90. The Hall–Kier alpha value is -0.990. The minimum atomic E-state index is -3.37. The number of sulfonamides is 1. The van der Waals surface area contributed by atoms with E-state index in [1.807, 2.05) is 0 Å². The van der Waals surface area contributed by atoms with Crippen LogP contribution in [0, 0.1) is 0 Å². The van der Waals surface area contributed by atoms with E-state index in [-0.39, 0.29) is 10.9 Å². The molecular formula is C12H18N2O4S2. The van der Waals surface area contributed by atoms with Crippen molar-refractivity contribution in [1.82, 2.24) is 9.71 Å². The molecule has 1 unspecified atom stereocenters. The highest BCUT2D eigenvalue weighted by molar-refractivity contribution is 7.90. The first-order valence-corrected chi connectivity index (χ1v) is 9.02. The van der Waals surface area contributed by atoms with E-state index in [1.54, 1.807) is 6.92 Å². The van der Waals surface area contributed by atoms with Gasteiger partial charge in [-0.15, -0.1) is 11.3 Å². The predicted molar refractivity (Wildman–Crippen MR) is 76.4 cm³/mol. The quantitative estimate of drug-likeness (QED) is 0.867. The second kappa shape index (κ2) is 6.19. The molecule has 0 aliphatic heterocycles. The molecule has 1 atom stereocenters. The normalized spacial score (nSPS) is 18.9. The Morgan fingerprint density at radius 3 is 2.65 bits per heavy atom. The lowest BCUT2D eigenvalue weighted by Gasteiger charge is -2.23. The van der Waals surface area contributed by atoms with E-state index < -0.39 is 22.0 Å². The number of aromatic carboxylic acids is 1. The third-order valence-electron chi connectivity index (χ3n) is 3.44. The zero-order valence-electron chi connectivity index (χ0n) is 11.2. The number of nitrogens with zero attached hydrogens (tertiary/aromatic N) is 1. The van der Waals surface area contributed by atoms with Crippen LogP contribution < -0.4 is 4.72 Å². The van der Waals surface area contributed by atoms with Gasteiger partial charge in [0.25, 0.3) is 0 Å². The van der Waals surface area contributed by atoms with Crippen LogP contribution in [-0.2, 0) is 10.0 Å². The van der Waals surface area contributed by atoms with Crippen LogP contribution in [0.3, 0.4) is 0 Å². The minimum Gasteiger partial charge on any atom is -0.476 e. The Kier molecular flexibility index (Phi) is 4.77. The van der Waals surface area contributed by atoms with E-state index >= 15 is 0 Å². The zero-order chi connectivity index (χ0) is 14.8. The molecule has 20 heavy (non-hydrogen) atoms. The standard InChI is InChI=1S/C12H18N2O4S2/c1-8(11-13-10(7-19-11)12(15)16)14-20(17,18)9-5-3-2-4-6-9/h7-9,14H,2-6H2,1H3,(H,15,16). The van der Waals surface area contributed by atoms with E-state index in [9.17, 15) is 13.2 Å². The average Bonchev–Trinajstić information content (AvgIpc) is 2.89. The number of hydrogen-bond acceptors (Lipinski definition) is 5. The Morgan fingerprint density at radius 2 is 2.10 bits per heavy atom. The van der Waals surface area contributed by atoms with Gasteiger partial charge in [-0.2, -0.15) is 0 Å². The Labute approximate surface area is 122 Å². The van der Waals surface area contributed by atoms with Crippen molar-refractivity contribution in [1.29, 1.82) is 0 Å². The fraction of sp³-hybridized carbons (Fsp3) is 0.667. The average molecular weight is 318 g/mol. The fourth-order valence-electron chi connectivity index (χ4n) is 2.35. The summed E-state index contributed by atoms with van der Waals surface area (Å²) in [6.07, 6.45) is 4.37. The van der Waals surface area contributed by atoms with E-state index in [0.29, 0.717) is 17.8 Å². The summed E-state index contributed by atoms with van der Waals surface area (Å²) in [4.78, 5) is 14.7. The molecule has 0 aromatic carbocycles. The molecule has 1 aliphatic rings. The van der Waals surface area contributed by atoms with Gasteiger partial charge in [-0.1, -0.05) is 19.3 Å². The van der Waals surface area contributed by atoms with Crippen LogP contribution in [0.2, 0.25) is 0 Å². The molecule has 2 N–H and O–H groups in total. The summed E-state index contributed by atoms with van der Waals surface area (Å²) >= 11 is 1.15. The van der Waals surface area contributed by atoms with Crippen molar-refractivity contribution in [3.05, 3.63) is 16.1 Å². The molecule has 1 aromatic rings. The van der Waals surface area contributed by atoms with Crippen LogP contribution in [-0.4, -0.2) is 29.7 Å². The molecule has 0 bridgehead atoms. The van der Waals surface area contributed by atoms with Crippen LogP contribution in [0.15, 0.2) is 5.38 Å². The van der Waals surface area contributed by atoms with E-state index in [0.717, 1.165) is 30.6 Å².